The third-order valence-corrected chi connectivity index (χ3v) is 4.62. The van der Waals surface area contributed by atoms with E-state index in [1.54, 1.807) is 7.05 Å². The predicted molar refractivity (Wildman–Crippen MR) is 90.3 cm³/mol. The van der Waals surface area contributed by atoms with Crippen molar-refractivity contribution in [2.45, 2.75) is 33.0 Å². The Labute approximate surface area is 140 Å². The van der Waals surface area contributed by atoms with Gasteiger partial charge in [0.1, 0.15) is 0 Å². The van der Waals surface area contributed by atoms with Crippen LogP contribution in [0.2, 0.25) is 0 Å². The number of amides is 3. The van der Waals surface area contributed by atoms with Crippen LogP contribution in [0.5, 0.6) is 0 Å². The summed E-state index contributed by atoms with van der Waals surface area (Å²) in [6, 6.07) is 5.37. The summed E-state index contributed by atoms with van der Waals surface area (Å²) in [6.07, 6.45) is 1.42. The smallest absolute Gasteiger partial charge is 0.303 e. The Morgan fingerprint density at radius 1 is 1.08 bits per heavy atom. The second-order valence-corrected chi connectivity index (χ2v) is 6.55. The maximum atomic E-state index is 12.3. The van der Waals surface area contributed by atoms with Gasteiger partial charge in [-0.1, -0.05) is 6.07 Å². The lowest BCUT2D eigenvalue weighted by atomic mass is 10.1. The molecule has 7 heteroatoms. The van der Waals surface area contributed by atoms with Crippen LogP contribution in [-0.4, -0.2) is 47.0 Å². The van der Waals surface area contributed by atoms with Gasteiger partial charge in [-0.2, -0.15) is 0 Å². The SMILES string of the molecule is CC1=CN2C(=NC3C2C(=O)NC(=O)N3C)N1c1cc(C)cc(C)c1. The number of fused-ring (bicyclic) bond motifs is 3. The zero-order valence-corrected chi connectivity index (χ0v) is 14.1. The number of allylic oxidation sites excluding steroid dienone is 1. The van der Waals surface area contributed by atoms with E-state index >= 15 is 0 Å². The molecule has 0 aromatic heterocycles. The maximum Gasteiger partial charge on any atom is 0.325 e. The molecule has 3 aliphatic rings. The van der Waals surface area contributed by atoms with E-state index in [-0.39, 0.29) is 5.91 Å². The second-order valence-electron chi connectivity index (χ2n) is 6.55. The first kappa shape index (κ1) is 14.7. The van der Waals surface area contributed by atoms with Crippen LogP contribution in [0, 0.1) is 13.8 Å². The van der Waals surface area contributed by atoms with Crippen LogP contribution < -0.4 is 10.2 Å². The number of benzene rings is 1. The van der Waals surface area contributed by atoms with Crippen LogP contribution in [0.4, 0.5) is 10.5 Å². The minimum absolute atomic E-state index is 0.312. The Kier molecular flexibility index (Phi) is 2.97. The fourth-order valence-electron chi connectivity index (χ4n) is 3.60. The molecular weight excluding hydrogens is 306 g/mol. The van der Waals surface area contributed by atoms with E-state index in [9.17, 15) is 9.59 Å². The van der Waals surface area contributed by atoms with Gasteiger partial charge in [0.2, 0.25) is 5.96 Å². The molecule has 1 N–H and O–H groups in total. The number of likely N-dealkylation sites (N-methyl/N-ethyl adjacent to an activating group) is 1. The Morgan fingerprint density at radius 3 is 2.42 bits per heavy atom. The van der Waals surface area contributed by atoms with E-state index in [1.807, 2.05) is 22.9 Å². The van der Waals surface area contributed by atoms with Gasteiger partial charge in [0.05, 0.1) is 0 Å². The van der Waals surface area contributed by atoms with Crippen molar-refractivity contribution in [3.8, 4) is 0 Å². The summed E-state index contributed by atoms with van der Waals surface area (Å²) in [4.78, 5) is 34.2. The molecule has 2 unspecified atom stereocenters. The van der Waals surface area contributed by atoms with Crippen LogP contribution in [0.3, 0.4) is 0 Å². The molecule has 0 spiro atoms. The molecule has 1 saturated heterocycles. The first-order chi connectivity index (χ1) is 11.4. The fraction of sp³-hybridized carbons (Fsp3) is 0.353. The molecule has 1 aromatic rings. The molecule has 4 rings (SSSR count). The normalized spacial score (nSPS) is 25.4. The van der Waals surface area contributed by atoms with Crippen molar-refractivity contribution >= 4 is 23.6 Å². The van der Waals surface area contributed by atoms with Crippen molar-refractivity contribution in [2.75, 3.05) is 11.9 Å². The lowest BCUT2D eigenvalue weighted by molar-refractivity contribution is -0.126. The fourth-order valence-corrected chi connectivity index (χ4v) is 3.60. The third kappa shape index (κ3) is 1.94. The molecule has 0 saturated carbocycles. The lowest BCUT2D eigenvalue weighted by Crippen LogP contribution is -2.62. The number of nitrogens with zero attached hydrogens (tertiary/aromatic N) is 4. The first-order valence-corrected chi connectivity index (χ1v) is 7.87. The zero-order valence-electron chi connectivity index (χ0n) is 14.1. The van der Waals surface area contributed by atoms with Crippen LogP contribution in [0.25, 0.3) is 0 Å². The van der Waals surface area contributed by atoms with Gasteiger partial charge in [-0.25, -0.2) is 9.79 Å². The van der Waals surface area contributed by atoms with E-state index in [2.05, 4.69) is 42.4 Å². The highest BCUT2D eigenvalue weighted by molar-refractivity contribution is 6.09. The molecule has 1 fully saturated rings. The maximum absolute atomic E-state index is 12.3. The number of rotatable bonds is 1. The number of anilines is 1. The number of aliphatic imine (C=N–C) groups is 1. The number of hydrogen-bond acceptors (Lipinski definition) is 5. The number of aryl methyl sites for hydroxylation is 2. The third-order valence-electron chi connectivity index (χ3n) is 4.62. The molecule has 0 radical (unpaired) electrons. The largest absolute Gasteiger partial charge is 0.325 e. The molecule has 0 aliphatic carbocycles. The number of imide groups is 1. The lowest BCUT2D eigenvalue weighted by Gasteiger charge is -2.34. The number of nitrogens with one attached hydrogen (secondary N) is 1. The quantitative estimate of drug-likeness (QED) is 0.850. The molecule has 7 nitrogen and oxygen atoms in total. The van der Waals surface area contributed by atoms with Crippen molar-refractivity contribution in [1.29, 1.82) is 0 Å². The van der Waals surface area contributed by atoms with Gasteiger partial charge in [-0.15, -0.1) is 0 Å². The van der Waals surface area contributed by atoms with E-state index in [4.69, 9.17) is 0 Å². The monoisotopic (exact) mass is 325 g/mol. The highest BCUT2D eigenvalue weighted by Gasteiger charge is 2.51. The molecule has 124 valence electrons. The van der Waals surface area contributed by atoms with E-state index in [0.717, 1.165) is 22.5 Å². The topological polar surface area (TPSA) is 68.2 Å². The molecule has 3 aliphatic heterocycles. The number of carbonyl (C=O) groups excluding carboxylic acids is 2. The minimum Gasteiger partial charge on any atom is -0.303 e. The molecule has 2 atom stereocenters. The number of hydrogen-bond donors (Lipinski definition) is 1. The van der Waals surface area contributed by atoms with E-state index < -0.39 is 18.2 Å². The van der Waals surface area contributed by atoms with Gasteiger partial charge in [-0.05, 0) is 44.0 Å². The molecule has 3 heterocycles. The van der Waals surface area contributed by atoms with Crippen molar-refractivity contribution in [2.24, 2.45) is 4.99 Å². The van der Waals surface area contributed by atoms with Gasteiger partial charge < -0.3 is 9.80 Å². The molecular formula is C17H19N5O2. The highest BCUT2D eigenvalue weighted by atomic mass is 16.2. The van der Waals surface area contributed by atoms with E-state index in [1.165, 1.54) is 4.90 Å². The summed E-state index contributed by atoms with van der Waals surface area (Å²) < 4.78 is 0. The van der Waals surface area contributed by atoms with Crippen LogP contribution in [0.15, 0.2) is 35.1 Å². The molecule has 0 bridgehead atoms. The average Bonchev–Trinajstić information content (AvgIpc) is 2.98. The predicted octanol–water partition coefficient (Wildman–Crippen LogP) is 1.53. The van der Waals surface area contributed by atoms with E-state index in [0.29, 0.717) is 5.96 Å². The summed E-state index contributed by atoms with van der Waals surface area (Å²) in [5, 5.41) is 2.39. The van der Waals surface area contributed by atoms with Gasteiger partial charge in [0, 0.05) is 24.6 Å². The van der Waals surface area contributed by atoms with Crippen molar-refractivity contribution in [3.63, 3.8) is 0 Å². The van der Waals surface area contributed by atoms with Crippen LogP contribution in [0.1, 0.15) is 18.1 Å². The first-order valence-electron chi connectivity index (χ1n) is 7.87. The Morgan fingerprint density at radius 2 is 1.75 bits per heavy atom. The Balaban J connectivity index is 1.78. The zero-order chi connectivity index (χ0) is 17.2. The number of urea groups is 1. The number of guanidine groups is 1. The molecule has 3 amide bonds. The Hall–Kier alpha value is -2.83. The number of carbonyl (C=O) groups is 2. The van der Waals surface area contributed by atoms with Crippen LogP contribution in [-0.2, 0) is 4.79 Å². The Bertz CT molecular complexity index is 808. The van der Waals surface area contributed by atoms with Crippen molar-refractivity contribution in [1.82, 2.24) is 15.1 Å². The van der Waals surface area contributed by atoms with Gasteiger partial charge in [0.25, 0.3) is 5.91 Å². The highest BCUT2D eigenvalue weighted by Crippen LogP contribution is 2.35. The average molecular weight is 325 g/mol. The summed E-state index contributed by atoms with van der Waals surface area (Å²) in [6.45, 7) is 6.10. The summed E-state index contributed by atoms with van der Waals surface area (Å²) in [5.41, 5.74) is 4.33. The molecule has 24 heavy (non-hydrogen) atoms. The van der Waals surface area contributed by atoms with Gasteiger partial charge in [-0.3, -0.25) is 15.0 Å². The molecule has 1 aromatic carbocycles. The minimum atomic E-state index is -0.520. The van der Waals surface area contributed by atoms with Gasteiger partial charge in [0.15, 0.2) is 12.2 Å². The van der Waals surface area contributed by atoms with Gasteiger partial charge >= 0.3 is 6.03 Å². The standard InChI is InChI=1S/C17H19N5O2/c1-9-5-10(2)7-12(6-9)22-11(3)8-21-13-14(18-16(21)22)20(4)17(24)19-15(13)23/h5-8,13-14H,1-4H3,(H,19,23,24). The summed E-state index contributed by atoms with van der Waals surface area (Å²) >= 11 is 0. The van der Waals surface area contributed by atoms with Crippen molar-refractivity contribution in [3.05, 3.63) is 41.2 Å². The summed E-state index contributed by atoms with van der Waals surface area (Å²) in [7, 11) is 1.66. The second kappa shape index (κ2) is 4.83. The van der Waals surface area contributed by atoms with Crippen molar-refractivity contribution < 1.29 is 9.59 Å². The van der Waals surface area contributed by atoms with Crippen LogP contribution >= 0.6 is 0 Å². The summed E-state index contributed by atoms with van der Waals surface area (Å²) in [5.74, 6) is 0.373.